The second kappa shape index (κ2) is 9.09. The molecule has 0 saturated heterocycles. The number of nitrogens with zero attached hydrogens (tertiary/aromatic N) is 2. The number of fused-ring (bicyclic) bond motifs is 2. The number of aromatic amines is 2. The highest BCUT2D eigenvalue weighted by atomic mass is 32.1. The van der Waals surface area contributed by atoms with Gasteiger partial charge in [-0.3, -0.25) is 14.9 Å². The summed E-state index contributed by atoms with van der Waals surface area (Å²) in [5.41, 5.74) is 7.80. The van der Waals surface area contributed by atoms with Gasteiger partial charge in [0.1, 0.15) is 5.69 Å². The van der Waals surface area contributed by atoms with Crippen LogP contribution in [0.3, 0.4) is 0 Å². The van der Waals surface area contributed by atoms with Crippen molar-refractivity contribution in [3.8, 4) is 21.8 Å². The Labute approximate surface area is 212 Å². The van der Waals surface area contributed by atoms with Gasteiger partial charge in [-0.2, -0.15) is 5.10 Å². The Kier molecular flexibility index (Phi) is 5.62. The van der Waals surface area contributed by atoms with E-state index in [0.29, 0.717) is 6.42 Å². The fourth-order valence-corrected chi connectivity index (χ4v) is 5.32. The molecule has 6 nitrogen and oxygen atoms in total. The molecule has 1 aromatic carbocycles. The number of allylic oxidation sites excluding steroid dienone is 5. The number of pyridine rings is 1. The van der Waals surface area contributed by atoms with Gasteiger partial charge in [-0.1, -0.05) is 38.1 Å². The molecule has 1 aliphatic carbocycles. The number of thiophene rings is 1. The number of carbonyl (C=O) groups is 1. The highest BCUT2D eigenvalue weighted by Crippen LogP contribution is 2.36. The maximum Gasteiger partial charge on any atom is 0.224 e. The topological polar surface area (TPSA) is 86.5 Å². The summed E-state index contributed by atoms with van der Waals surface area (Å²) >= 11 is 1.71. The fourth-order valence-electron chi connectivity index (χ4n) is 4.57. The van der Waals surface area contributed by atoms with Gasteiger partial charge in [0.05, 0.1) is 22.9 Å². The Morgan fingerprint density at radius 3 is 2.89 bits per heavy atom. The molecular formula is C29H25N5OS. The first-order valence-corrected chi connectivity index (χ1v) is 12.9. The van der Waals surface area contributed by atoms with Crippen LogP contribution in [-0.2, 0) is 4.79 Å². The van der Waals surface area contributed by atoms with Gasteiger partial charge in [-0.25, -0.2) is 0 Å². The molecule has 0 unspecified atom stereocenters. The van der Waals surface area contributed by atoms with E-state index >= 15 is 0 Å². The summed E-state index contributed by atoms with van der Waals surface area (Å²) in [5.74, 6) is 0.242. The summed E-state index contributed by atoms with van der Waals surface area (Å²) in [6.45, 7) is 3.99. The third-order valence-electron chi connectivity index (χ3n) is 6.42. The number of carbonyl (C=O) groups excluding carboxylic acids is 1. The minimum Gasteiger partial charge on any atom is -0.352 e. The number of rotatable bonds is 5. The lowest BCUT2D eigenvalue weighted by Gasteiger charge is -2.07. The molecule has 3 N–H and O–H groups in total. The number of benzene rings is 1. The second-order valence-electron chi connectivity index (χ2n) is 8.98. The van der Waals surface area contributed by atoms with Gasteiger partial charge in [0, 0.05) is 39.5 Å². The number of hydrogen-bond acceptors (Lipinski definition) is 4. The van der Waals surface area contributed by atoms with Gasteiger partial charge in [-0.05, 0) is 58.9 Å². The van der Waals surface area contributed by atoms with Crippen molar-refractivity contribution < 1.29 is 4.79 Å². The summed E-state index contributed by atoms with van der Waals surface area (Å²) in [5, 5.41) is 15.1. The van der Waals surface area contributed by atoms with E-state index in [0.717, 1.165) is 55.6 Å². The number of hydrogen-bond donors (Lipinski definition) is 3. The molecule has 0 spiro atoms. The highest BCUT2D eigenvalue weighted by Gasteiger charge is 2.16. The van der Waals surface area contributed by atoms with Crippen LogP contribution in [0.5, 0.6) is 0 Å². The molecule has 6 rings (SSSR count). The molecule has 5 aromatic rings. The first-order chi connectivity index (χ1) is 17.6. The van der Waals surface area contributed by atoms with Crippen molar-refractivity contribution in [2.75, 3.05) is 0 Å². The normalized spacial score (nSPS) is 15.7. The molecule has 0 radical (unpaired) electrons. The van der Waals surface area contributed by atoms with Crippen LogP contribution in [0.2, 0.25) is 0 Å². The van der Waals surface area contributed by atoms with Crippen LogP contribution in [0.4, 0.5) is 0 Å². The largest absolute Gasteiger partial charge is 0.352 e. The van der Waals surface area contributed by atoms with E-state index in [4.69, 9.17) is 0 Å². The molecule has 178 valence electrons. The third-order valence-corrected chi connectivity index (χ3v) is 7.32. The Morgan fingerprint density at radius 2 is 2.06 bits per heavy atom. The summed E-state index contributed by atoms with van der Waals surface area (Å²) in [7, 11) is 0. The van der Waals surface area contributed by atoms with Crippen molar-refractivity contribution in [2.45, 2.75) is 20.3 Å². The van der Waals surface area contributed by atoms with Crippen LogP contribution < -0.4 is 5.32 Å². The van der Waals surface area contributed by atoms with Crippen molar-refractivity contribution in [1.82, 2.24) is 25.5 Å². The summed E-state index contributed by atoms with van der Waals surface area (Å²) < 4.78 is 0. The van der Waals surface area contributed by atoms with Gasteiger partial charge in [-0.15, -0.1) is 11.3 Å². The van der Waals surface area contributed by atoms with Crippen LogP contribution in [0.25, 0.3) is 49.2 Å². The minimum atomic E-state index is 0.00240. The van der Waals surface area contributed by atoms with Crippen molar-refractivity contribution in [3.05, 3.63) is 89.7 Å². The molecule has 0 fully saturated rings. The Morgan fingerprint density at radius 1 is 1.14 bits per heavy atom. The average molecular weight is 492 g/mol. The Balaban J connectivity index is 1.43. The maximum absolute atomic E-state index is 12.0. The standard InChI is InChI=1S/C29H25N5OS/c1-3-28(35)31-20-8-6-17(2)11-19(12-20)18-7-9-24-22(13-18)29(34-33-24)25-14-21-23(27-5-4-10-36-27)15-30-16-26(21)32-25/h4-17,32H,3H2,1-2H3,(H,31,35)(H,33,34)/t17-/m0/s1. The second-order valence-corrected chi connectivity index (χ2v) is 9.93. The summed E-state index contributed by atoms with van der Waals surface area (Å²) in [4.78, 5) is 21.2. The van der Waals surface area contributed by atoms with Gasteiger partial charge in [0.15, 0.2) is 0 Å². The third kappa shape index (κ3) is 4.07. The van der Waals surface area contributed by atoms with Gasteiger partial charge in [0.25, 0.3) is 0 Å². The zero-order chi connectivity index (χ0) is 24.6. The zero-order valence-corrected chi connectivity index (χ0v) is 20.8. The molecule has 7 heteroatoms. The molecule has 0 aliphatic heterocycles. The maximum atomic E-state index is 12.0. The van der Waals surface area contributed by atoms with Crippen molar-refractivity contribution in [1.29, 1.82) is 0 Å². The van der Waals surface area contributed by atoms with Crippen molar-refractivity contribution in [2.24, 2.45) is 5.92 Å². The summed E-state index contributed by atoms with van der Waals surface area (Å²) in [6, 6.07) is 12.6. The van der Waals surface area contributed by atoms with Crippen molar-refractivity contribution >= 4 is 44.6 Å². The predicted octanol–water partition coefficient (Wildman–Crippen LogP) is 6.83. The van der Waals surface area contributed by atoms with E-state index in [1.54, 1.807) is 11.3 Å². The lowest BCUT2D eigenvalue weighted by Crippen LogP contribution is -2.20. The smallest absolute Gasteiger partial charge is 0.224 e. The van der Waals surface area contributed by atoms with Gasteiger partial charge >= 0.3 is 0 Å². The Hall–Kier alpha value is -4.23. The number of nitrogens with one attached hydrogen (secondary N) is 3. The monoisotopic (exact) mass is 491 g/mol. The predicted molar refractivity (Wildman–Crippen MR) is 147 cm³/mol. The first kappa shape index (κ1) is 22.2. The molecule has 0 saturated carbocycles. The molecule has 4 aromatic heterocycles. The van der Waals surface area contributed by atoms with Crippen LogP contribution >= 0.6 is 11.3 Å². The van der Waals surface area contributed by atoms with E-state index < -0.39 is 0 Å². The van der Waals surface area contributed by atoms with Crippen LogP contribution in [0.1, 0.15) is 25.8 Å². The van der Waals surface area contributed by atoms with E-state index in [2.05, 4.69) is 86.3 Å². The number of H-pyrrole nitrogens is 2. The summed E-state index contributed by atoms with van der Waals surface area (Å²) in [6.07, 6.45) is 12.5. The lowest BCUT2D eigenvalue weighted by atomic mass is 9.99. The van der Waals surface area contributed by atoms with Gasteiger partial charge in [0.2, 0.25) is 5.91 Å². The molecule has 0 bridgehead atoms. The molecule has 1 atom stereocenters. The SMILES string of the molecule is CCC(=O)NC1=CC(c2ccc3[nH]nc(-c4cc5c(-c6cccs6)cncc5[nH]4)c3c2)=C[C@@H](C)C=C1. The molecule has 4 heterocycles. The first-order valence-electron chi connectivity index (χ1n) is 12.0. The van der Waals surface area contributed by atoms with E-state index in [1.807, 2.05) is 31.5 Å². The van der Waals surface area contributed by atoms with Crippen LogP contribution in [0, 0.1) is 5.92 Å². The lowest BCUT2D eigenvalue weighted by molar-refractivity contribution is -0.120. The minimum absolute atomic E-state index is 0.00240. The van der Waals surface area contributed by atoms with Crippen molar-refractivity contribution in [3.63, 3.8) is 0 Å². The quantitative estimate of drug-likeness (QED) is 0.252. The molecule has 1 amide bonds. The zero-order valence-electron chi connectivity index (χ0n) is 20.0. The fraction of sp³-hybridized carbons (Fsp3) is 0.138. The van der Waals surface area contributed by atoms with E-state index in [9.17, 15) is 4.79 Å². The van der Waals surface area contributed by atoms with E-state index in [1.165, 1.54) is 4.88 Å². The number of amides is 1. The molecule has 1 aliphatic rings. The average Bonchev–Trinajstić information content (AvgIpc) is 3.63. The van der Waals surface area contributed by atoms with Gasteiger partial charge < -0.3 is 10.3 Å². The Bertz CT molecular complexity index is 1680. The highest BCUT2D eigenvalue weighted by molar-refractivity contribution is 7.13. The molecular weight excluding hydrogens is 466 g/mol. The van der Waals surface area contributed by atoms with Crippen LogP contribution in [-0.4, -0.2) is 26.1 Å². The van der Waals surface area contributed by atoms with Crippen LogP contribution in [0.15, 0.2) is 84.2 Å². The van der Waals surface area contributed by atoms with E-state index in [-0.39, 0.29) is 11.8 Å². The number of aromatic nitrogens is 4. The molecule has 36 heavy (non-hydrogen) atoms.